The minimum Gasteiger partial charge on any atom is -0.329 e. The van der Waals surface area contributed by atoms with Crippen LogP contribution in [0, 0.1) is 5.41 Å². The summed E-state index contributed by atoms with van der Waals surface area (Å²) >= 11 is 0. The lowest BCUT2D eigenvalue weighted by Gasteiger charge is -2.39. The third kappa shape index (κ3) is 2.96. The van der Waals surface area contributed by atoms with E-state index in [1.54, 1.807) is 0 Å². The number of nitrogens with two attached hydrogens (primary N) is 1. The smallest absolute Gasteiger partial charge is 0.0269 e. The van der Waals surface area contributed by atoms with Gasteiger partial charge in [-0.15, -0.1) is 0 Å². The quantitative estimate of drug-likeness (QED) is 0.734. The van der Waals surface area contributed by atoms with E-state index in [0.29, 0.717) is 11.5 Å². The van der Waals surface area contributed by atoms with Crippen LogP contribution in [0.4, 0.5) is 0 Å². The lowest BCUT2D eigenvalue weighted by Crippen LogP contribution is -2.50. The lowest BCUT2D eigenvalue weighted by atomic mass is 9.85. The van der Waals surface area contributed by atoms with Gasteiger partial charge in [0.05, 0.1) is 0 Å². The Hall–Kier alpha value is -0.0800. The highest BCUT2D eigenvalue weighted by Gasteiger charge is 2.37. The molecule has 2 N–H and O–H groups in total. The Labute approximate surface area is 88.8 Å². The monoisotopic (exact) mass is 198 g/mol. The van der Waals surface area contributed by atoms with Gasteiger partial charge in [0.1, 0.15) is 0 Å². The molecule has 1 aliphatic carbocycles. The Balaban J connectivity index is 2.62. The molecule has 0 heterocycles. The van der Waals surface area contributed by atoms with Gasteiger partial charge in [-0.05, 0) is 31.2 Å². The average Bonchev–Trinajstić information content (AvgIpc) is 2.84. The van der Waals surface area contributed by atoms with E-state index < -0.39 is 0 Å². The molecule has 1 fully saturated rings. The summed E-state index contributed by atoms with van der Waals surface area (Å²) in [4.78, 5) is 2.64. The van der Waals surface area contributed by atoms with Crippen LogP contribution < -0.4 is 5.73 Å². The van der Waals surface area contributed by atoms with Gasteiger partial charge in [0.15, 0.2) is 0 Å². The van der Waals surface area contributed by atoms with Crippen LogP contribution >= 0.6 is 0 Å². The fraction of sp³-hybridized carbons (Fsp3) is 1.00. The summed E-state index contributed by atoms with van der Waals surface area (Å²) in [5.74, 6) is 0. The van der Waals surface area contributed by atoms with Crippen LogP contribution in [0.15, 0.2) is 0 Å². The Bertz CT molecular complexity index is 168. The van der Waals surface area contributed by atoms with Crippen molar-refractivity contribution in [1.82, 2.24) is 4.90 Å². The maximum Gasteiger partial charge on any atom is 0.0269 e. The van der Waals surface area contributed by atoms with Gasteiger partial charge in [-0.25, -0.2) is 0 Å². The van der Waals surface area contributed by atoms with Crippen molar-refractivity contribution in [3.8, 4) is 0 Å². The second-order valence-electron chi connectivity index (χ2n) is 5.59. The van der Waals surface area contributed by atoms with Crippen molar-refractivity contribution in [2.75, 3.05) is 13.1 Å². The number of rotatable bonds is 5. The second kappa shape index (κ2) is 4.63. The van der Waals surface area contributed by atoms with Gasteiger partial charge in [-0.2, -0.15) is 0 Å². The molecule has 84 valence electrons. The van der Waals surface area contributed by atoms with E-state index in [4.69, 9.17) is 5.73 Å². The van der Waals surface area contributed by atoms with Crippen molar-refractivity contribution in [1.29, 1.82) is 0 Å². The molecule has 1 atom stereocenters. The van der Waals surface area contributed by atoms with Crippen LogP contribution in [0.2, 0.25) is 0 Å². The van der Waals surface area contributed by atoms with Gasteiger partial charge in [0.25, 0.3) is 0 Å². The first-order valence-corrected chi connectivity index (χ1v) is 5.96. The van der Waals surface area contributed by atoms with Crippen molar-refractivity contribution >= 4 is 0 Å². The van der Waals surface area contributed by atoms with Crippen LogP contribution in [0.3, 0.4) is 0 Å². The van der Waals surface area contributed by atoms with E-state index >= 15 is 0 Å². The second-order valence-corrected chi connectivity index (χ2v) is 5.59. The van der Waals surface area contributed by atoms with Crippen LogP contribution in [0.25, 0.3) is 0 Å². The summed E-state index contributed by atoms with van der Waals surface area (Å²) in [6.45, 7) is 11.2. The highest BCUT2D eigenvalue weighted by molar-refractivity contribution is 4.93. The highest BCUT2D eigenvalue weighted by Crippen LogP contribution is 2.34. The summed E-state index contributed by atoms with van der Waals surface area (Å²) in [5.41, 5.74) is 6.23. The SMILES string of the molecule is CCCN(C1CC1)C(CN)C(C)(C)C. The standard InChI is InChI=1S/C12H26N2/c1-5-8-14(10-6-7-10)11(9-13)12(2,3)4/h10-11H,5-9,13H2,1-4H3. The van der Waals surface area contributed by atoms with Gasteiger partial charge in [-0.3, -0.25) is 4.90 Å². The van der Waals surface area contributed by atoms with E-state index in [2.05, 4.69) is 32.6 Å². The summed E-state index contributed by atoms with van der Waals surface area (Å²) in [7, 11) is 0. The topological polar surface area (TPSA) is 29.3 Å². The first-order valence-electron chi connectivity index (χ1n) is 5.96. The zero-order valence-corrected chi connectivity index (χ0v) is 10.2. The van der Waals surface area contributed by atoms with Gasteiger partial charge < -0.3 is 5.73 Å². The normalized spacial score (nSPS) is 20.1. The molecule has 0 radical (unpaired) electrons. The number of hydrogen-bond acceptors (Lipinski definition) is 2. The van der Waals surface area contributed by atoms with E-state index in [1.807, 2.05) is 0 Å². The zero-order chi connectivity index (χ0) is 10.8. The summed E-state index contributed by atoms with van der Waals surface area (Å²) < 4.78 is 0. The maximum atomic E-state index is 5.91. The third-order valence-corrected chi connectivity index (χ3v) is 3.12. The van der Waals surface area contributed by atoms with Crippen molar-refractivity contribution in [3.05, 3.63) is 0 Å². The van der Waals surface area contributed by atoms with Gasteiger partial charge in [0.2, 0.25) is 0 Å². The summed E-state index contributed by atoms with van der Waals surface area (Å²) in [6, 6.07) is 1.39. The minimum absolute atomic E-state index is 0.312. The molecule has 1 aliphatic rings. The van der Waals surface area contributed by atoms with Crippen molar-refractivity contribution in [3.63, 3.8) is 0 Å². The van der Waals surface area contributed by atoms with Gasteiger partial charge >= 0.3 is 0 Å². The van der Waals surface area contributed by atoms with Crippen molar-refractivity contribution in [2.45, 2.75) is 59.0 Å². The minimum atomic E-state index is 0.312. The average molecular weight is 198 g/mol. The lowest BCUT2D eigenvalue weighted by molar-refractivity contribution is 0.0969. The maximum absolute atomic E-state index is 5.91. The molecule has 0 saturated heterocycles. The molecule has 2 heteroatoms. The molecule has 0 aromatic rings. The molecule has 0 aromatic heterocycles. The van der Waals surface area contributed by atoms with E-state index in [-0.39, 0.29) is 0 Å². The molecule has 0 aliphatic heterocycles. The van der Waals surface area contributed by atoms with E-state index in [9.17, 15) is 0 Å². The Morgan fingerprint density at radius 3 is 2.21 bits per heavy atom. The van der Waals surface area contributed by atoms with Crippen molar-refractivity contribution in [2.24, 2.45) is 11.1 Å². The first kappa shape index (κ1) is 12.0. The van der Waals surface area contributed by atoms with Crippen LogP contribution in [-0.4, -0.2) is 30.1 Å². The number of hydrogen-bond donors (Lipinski definition) is 1. The van der Waals surface area contributed by atoms with Gasteiger partial charge in [0, 0.05) is 18.6 Å². The molecule has 0 aromatic carbocycles. The largest absolute Gasteiger partial charge is 0.329 e. The Morgan fingerprint density at radius 2 is 1.93 bits per heavy atom. The first-order chi connectivity index (χ1) is 6.50. The predicted molar refractivity (Wildman–Crippen MR) is 62.3 cm³/mol. The molecule has 14 heavy (non-hydrogen) atoms. The fourth-order valence-corrected chi connectivity index (χ4v) is 2.24. The molecule has 1 rings (SSSR count). The van der Waals surface area contributed by atoms with Gasteiger partial charge in [-0.1, -0.05) is 27.7 Å². The predicted octanol–water partition coefficient (Wildman–Crippen LogP) is 2.23. The molecule has 1 unspecified atom stereocenters. The van der Waals surface area contributed by atoms with Crippen molar-refractivity contribution < 1.29 is 0 Å². The van der Waals surface area contributed by atoms with Crippen LogP contribution in [0.1, 0.15) is 47.0 Å². The third-order valence-electron chi connectivity index (χ3n) is 3.12. The van der Waals surface area contributed by atoms with E-state index in [1.165, 1.54) is 25.8 Å². The molecule has 0 amide bonds. The summed E-state index contributed by atoms with van der Waals surface area (Å²) in [5, 5.41) is 0. The molecule has 2 nitrogen and oxygen atoms in total. The summed E-state index contributed by atoms with van der Waals surface area (Å²) in [6.07, 6.45) is 4.00. The molecule has 0 spiro atoms. The molecule has 1 saturated carbocycles. The highest BCUT2D eigenvalue weighted by atomic mass is 15.2. The van der Waals surface area contributed by atoms with Crippen LogP contribution in [0.5, 0.6) is 0 Å². The Morgan fingerprint density at radius 1 is 1.36 bits per heavy atom. The number of nitrogens with zero attached hydrogens (tertiary/aromatic N) is 1. The Kier molecular flexibility index (Phi) is 3.96. The van der Waals surface area contributed by atoms with Crippen LogP contribution in [-0.2, 0) is 0 Å². The fourth-order valence-electron chi connectivity index (χ4n) is 2.24. The molecular weight excluding hydrogens is 172 g/mol. The zero-order valence-electron chi connectivity index (χ0n) is 10.2. The molecular formula is C12H26N2. The molecule has 0 bridgehead atoms. The van der Waals surface area contributed by atoms with E-state index in [0.717, 1.165) is 12.6 Å².